The second kappa shape index (κ2) is 6.59. The molecular formula is C19H17F2N7O. The highest BCUT2D eigenvalue weighted by molar-refractivity contribution is 5.61. The molecule has 1 N–H and O–H groups in total. The molecule has 5 heterocycles. The number of rotatable bonds is 2. The van der Waals surface area contributed by atoms with Crippen LogP contribution in [0.25, 0.3) is 22.7 Å². The van der Waals surface area contributed by atoms with E-state index < -0.39 is 17.3 Å². The smallest absolute Gasteiger partial charge is 0.355 e. The van der Waals surface area contributed by atoms with Crippen LogP contribution in [-0.2, 0) is 0 Å². The maximum Gasteiger partial charge on any atom is 0.355 e. The highest BCUT2D eigenvalue weighted by Gasteiger charge is 2.17. The van der Waals surface area contributed by atoms with Crippen LogP contribution in [0, 0.1) is 18.6 Å². The van der Waals surface area contributed by atoms with Crippen molar-refractivity contribution in [3.63, 3.8) is 0 Å². The fourth-order valence-electron chi connectivity index (χ4n) is 3.59. The Bertz CT molecular complexity index is 1310. The lowest BCUT2D eigenvalue weighted by Crippen LogP contribution is -2.43. The van der Waals surface area contributed by atoms with Crippen molar-refractivity contribution in [3.8, 4) is 11.4 Å². The topological polar surface area (TPSA) is 79.8 Å². The molecule has 0 aromatic carbocycles. The van der Waals surface area contributed by atoms with Crippen molar-refractivity contribution in [1.29, 1.82) is 0 Å². The third kappa shape index (κ3) is 3.01. The number of nitrogens with zero attached hydrogens (tertiary/aromatic N) is 6. The van der Waals surface area contributed by atoms with Gasteiger partial charge in [0, 0.05) is 56.4 Å². The molecule has 0 saturated carbocycles. The summed E-state index contributed by atoms with van der Waals surface area (Å²) < 4.78 is 31.8. The van der Waals surface area contributed by atoms with Crippen LogP contribution in [0.1, 0.15) is 5.69 Å². The van der Waals surface area contributed by atoms with Crippen LogP contribution < -0.4 is 15.9 Å². The molecular weight excluding hydrogens is 380 g/mol. The van der Waals surface area contributed by atoms with E-state index in [1.54, 1.807) is 25.5 Å². The predicted molar refractivity (Wildman–Crippen MR) is 103 cm³/mol. The number of imidazole rings is 1. The maximum absolute atomic E-state index is 14.8. The van der Waals surface area contributed by atoms with Gasteiger partial charge in [0.15, 0.2) is 28.8 Å². The first-order valence-corrected chi connectivity index (χ1v) is 9.20. The first-order valence-electron chi connectivity index (χ1n) is 9.20. The highest BCUT2D eigenvalue weighted by Crippen LogP contribution is 2.22. The summed E-state index contributed by atoms with van der Waals surface area (Å²) in [5, 5.41) is 3.23. The Kier molecular flexibility index (Phi) is 4.02. The van der Waals surface area contributed by atoms with Gasteiger partial charge in [-0.05, 0) is 13.0 Å². The Balaban J connectivity index is 1.65. The average Bonchev–Trinajstić information content (AvgIpc) is 3.10. The van der Waals surface area contributed by atoms with Gasteiger partial charge in [-0.15, -0.1) is 0 Å². The van der Waals surface area contributed by atoms with Crippen LogP contribution >= 0.6 is 0 Å². The number of aryl methyl sites for hydroxylation is 1. The molecule has 1 saturated heterocycles. The van der Waals surface area contributed by atoms with Gasteiger partial charge in [0.05, 0.1) is 11.4 Å². The highest BCUT2D eigenvalue weighted by atomic mass is 19.1. The van der Waals surface area contributed by atoms with E-state index in [1.165, 1.54) is 16.5 Å². The van der Waals surface area contributed by atoms with Crippen molar-refractivity contribution < 1.29 is 8.78 Å². The second-order valence-corrected chi connectivity index (χ2v) is 7.00. The Hall–Kier alpha value is -3.40. The maximum atomic E-state index is 14.8. The molecule has 0 aliphatic carbocycles. The van der Waals surface area contributed by atoms with E-state index in [4.69, 9.17) is 0 Å². The molecule has 4 aromatic heterocycles. The van der Waals surface area contributed by atoms with Gasteiger partial charge in [-0.25, -0.2) is 27.9 Å². The lowest BCUT2D eigenvalue weighted by Gasteiger charge is -2.29. The fraction of sp³-hybridized carbons (Fsp3) is 0.263. The molecule has 0 unspecified atom stereocenters. The molecule has 1 fully saturated rings. The number of hydrogen-bond donors (Lipinski definition) is 1. The number of pyridine rings is 2. The monoisotopic (exact) mass is 397 g/mol. The molecule has 29 heavy (non-hydrogen) atoms. The van der Waals surface area contributed by atoms with Crippen molar-refractivity contribution in [2.45, 2.75) is 6.92 Å². The summed E-state index contributed by atoms with van der Waals surface area (Å²) in [4.78, 5) is 26.8. The SMILES string of the molecule is Cc1cn2cc(-c3nc(=O)n4cc(N5CCNCC5)cc(F)c4n3)cc(F)c2n1. The predicted octanol–water partition coefficient (Wildman–Crippen LogP) is 1.40. The third-order valence-electron chi connectivity index (χ3n) is 4.96. The van der Waals surface area contributed by atoms with Gasteiger partial charge in [0.25, 0.3) is 0 Å². The van der Waals surface area contributed by atoms with Crippen LogP contribution in [0.4, 0.5) is 14.5 Å². The number of aromatic nitrogens is 5. The Morgan fingerprint density at radius 3 is 2.52 bits per heavy atom. The van der Waals surface area contributed by atoms with Crippen LogP contribution in [0.5, 0.6) is 0 Å². The van der Waals surface area contributed by atoms with Gasteiger partial charge in [-0.2, -0.15) is 4.98 Å². The zero-order valence-corrected chi connectivity index (χ0v) is 15.6. The number of piperazine rings is 1. The van der Waals surface area contributed by atoms with Gasteiger partial charge < -0.3 is 14.6 Å². The van der Waals surface area contributed by atoms with Crippen LogP contribution in [0.2, 0.25) is 0 Å². The molecule has 0 bridgehead atoms. The number of nitrogens with one attached hydrogen (secondary N) is 1. The van der Waals surface area contributed by atoms with E-state index in [0.29, 0.717) is 24.5 Å². The van der Waals surface area contributed by atoms with Crippen molar-refractivity contribution in [1.82, 2.24) is 29.1 Å². The van der Waals surface area contributed by atoms with Crippen LogP contribution in [-0.4, -0.2) is 49.9 Å². The minimum absolute atomic E-state index is 0.0454. The Labute approximate surface area is 163 Å². The lowest BCUT2D eigenvalue weighted by molar-refractivity contribution is 0.582. The molecule has 8 nitrogen and oxygen atoms in total. The largest absolute Gasteiger partial charge is 0.368 e. The van der Waals surface area contributed by atoms with E-state index in [2.05, 4.69) is 20.3 Å². The van der Waals surface area contributed by atoms with Gasteiger partial charge in [-0.1, -0.05) is 0 Å². The molecule has 4 aromatic rings. The van der Waals surface area contributed by atoms with Gasteiger partial charge in [-0.3, -0.25) is 0 Å². The number of anilines is 1. The summed E-state index contributed by atoms with van der Waals surface area (Å²) in [6.45, 7) is 4.73. The Morgan fingerprint density at radius 2 is 1.72 bits per heavy atom. The van der Waals surface area contributed by atoms with E-state index in [1.807, 2.05) is 4.90 Å². The van der Waals surface area contributed by atoms with Gasteiger partial charge >= 0.3 is 5.69 Å². The minimum Gasteiger partial charge on any atom is -0.368 e. The molecule has 10 heteroatoms. The third-order valence-corrected chi connectivity index (χ3v) is 4.96. The zero-order valence-electron chi connectivity index (χ0n) is 15.6. The standard InChI is InChI=1S/C19H17F2N7O/c1-11-8-27-9-12(6-14(20)17(27)23-11)16-24-18-15(21)7-13(10-28(18)19(29)25-16)26-4-2-22-3-5-26/h6-10,22H,2-5H2,1H3. The summed E-state index contributed by atoms with van der Waals surface area (Å²) in [6, 6.07) is 2.56. The van der Waals surface area contributed by atoms with Crippen LogP contribution in [0.15, 0.2) is 35.5 Å². The first kappa shape index (κ1) is 17.7. The fourth-order valence-corrected chi connectivity index (χ4v) is 3.59. The summed E-state index contributed by atoms with van der Waals surface area (Å²) in [6.07, 6.45) is 4.76. The van der Waals surface area contributed by atoms with Crippen molar-refractivity contribution in [3.05, 3.63) is 58.5 Å². The van der Waals surface area contributed by atoms with E-state index >= 15 is 0 Å². The summed E-state index contributed by atoms with van der Waals surface area (Å²) in [7, 11) is 0. The molecule has 5 rings (SSSR count). The molecule has 0 atom stereocenters. The molecule has 1 aliphatic heterocycles. The second-order valence-electron chi connectivity index (χ2n) is 7.00. The van der Waals surface area contributed by atoms with Gasteiger partial charge in [0.1, 0.15) is 0 Å². The molecule has 148 valence electrons. The number of hydrogen-bond acceptors (Lipinski definition) is 6. The van der Waals surface area contributed by atoms with E-state index in [9.17, 15) is 13.6 Å². The first-order chi connectivity index (χ1) is 14.0. The van der Waals surface area contributed by atoms with E-state index in [-0.39, 0.29) is 22.7 Å². The zero-order chi connectivity index (χ0) is 20.1. The van der Waals surface area contributed by atoms with E-state index in [0.717, 1.165) is 17.5 Å². The average molecular weight is 397 g/mol. The number of halogens is 2. The molecule has 1 aliphatic rings. The summed E-state index contributed by atoms with van der Waals surface area (Å²) in [5.74, 6) is -1.26. The van der Waals surface area contributed by atoms with Crippen LogP contribution in [0.3, 0.4) is 0 Å². The summed E-state index contributed by atoms with van der Waals surface area (Å²) in [5.41, 5.74) is 0.834. The normalized spacial score (nSPS) is 14.8. The molecule has 0 radical (unpaired) electrons. The lowest BCUT2D eigenvalue weighted by atomic mass is 10.2. The minimum atomic E-state index is -0.678. The molecule has 0 spiro atoms. The number of fused-ring (bicyclic) bond motifs is 2. The molecule has 0 amide bonds. The van der Waals surface area contributed by atoms with Crippen molar-refractivity contribution >= 4 is 17.0 Å². The van der Waals surface area contributed by atoms with Crippen molar-refractivity contribution in [2.75, 3.05) is 31.1 Å². The summed E-state index contributed by atoms with van der Waals surface area (Å²) >= 11 is 0. The van der Waals surface area contributed by atoms with Crippen molar-refractivity contribution in [2.24, 2.45) is 0 Å². The quantitative estimate of drug-likeness (QED) is 0.551. The van der Waals surface area contributed by atoms with Gasteiger partial charge in [0.2, 0.25) is 0 Å². The Morgan fingerprint density at radius 1 is 0.966 bits per heavy atom.